The van der Waals surface area contributed by atoms with Gasteiger partial charge < -0.3 is 0 Å². The van der Waals surface area contributed by atoms with Crippen LogP contribution in [0, 0.1) is 0 Å². The molecule has 3 aromatic rings. The van der Waals surface area contributed by atoms with E-state index in [2.05, 4.69) is 22.9 Å². The van der Waals surface area contributed by atoms with Crippen molar-refractivity contribution in [2.45, 2.75) is 24.4 Å². The highest BCUT2D eigenvalue weighted by atomic mass is 32.1. The van der Waals surface area contributed by atoms with Crippen LogP contribution in [0.2, 0.25) is 0 Å². The second-order valence-corrected chi connectivity index (χ2v) is 8.57. The molecule has 0 spiro atoms. The second kappa shape index (κ2) is 10.7. The summed E-state index contributed by atoms with van der Waals surface area (Å²) in [6.07, 6.45) is -9.89. The predicted octanol–water partition coefficient (Wildman–Crippen LogP) is 5.55. The van der Waals surface area contributed by atoms with Crippen LogP contribution in [0.25, 0.3) is 0 Å². The first-order valence-electron chi connectivity index (χ1n) is 10.5. The third kappa shape index (κ3) is 7.02. The van der Waals surface area contributed by atoms with E-state index < -0.39 is 35.2 Å². The molecular formula is C25H24F6N3S+. The third-order valence-corrected chi connectivity index (χ3v) is 5.56. The van der Waals surface area contributed by atoms with E-state index >= 15 is 0 Å². The number of likely N-dealkylation sites (N-methyl/N-ethyl adjacent to an activating group) is 1. The second-order valence-electron chi connectivity index (χ2n) is 8.12. The van der Waals surface area contributed by atoms with Crippen molar-refractivity contribution in [1.82, 2.24) is 4.90 Å². The Bertz CT molecular complexity index is 1110. The molecule has 0 aliphatic carbocycles. The number of rotatable bonds is 6. The quantitative estimate of drug-likeness (QED) is 0.175. The molecule has 0 bridgehead atoms. The van der Waals surface area contributed by atoms with Gasteiger partial charge in [-0.2, -0.15) is 26.3 Å². The number of alkyl halides is 6. The summed E-state index contributed by atoms with van der Waals surface area (Å²) in [5, 5.41) is 2.56. The lowest BCUT2D eigenvalue weighted by Crippen LogP contribution is -2.77. The first kappa shape index (κ1) is 26.6. The molecule has 0 radical (unpaired) electrons. The maximum Gasteiger partial charge on any atom is 0.416 e. The van der Waals surface area contributed by atoms with E-state index in [4.69, 9.17) is 0 Å². The lowest BCUT2D eigenvalue weighted by Gasteiger charge is -2.29. The van der Waals surface area contributed by atoms with E-state index in [1.807, 2.05) is 79.7 Å². The first-order valence-corrected chi connectivity index (χ1v) is 11.0. The Morgan fingerprint density at radius 1 is 0.771 bits per heavy atom. The van der Waals surface area contributed by atoms with Crippen LogP contribution in [0.4, 0.5) is 32.0 Å². The van der Waals surface area contributed by atoms with Crippen molar-refractivity contribution in [2.24, 2.45) is 0 Å². The maximum absolute atomic E-state index is 13.2. The zero-order valence-corrected chi connectivity index (χ0v) is 19.7. The van der Waals surface area contributed by atoms with Gasteiger partial charge in [0.2, 0.25) is 0 Å². The van der Waals surface area contributed by atoms with E-state index in [1.165, 1.54) is 0 Å². The molecule has 35 heavy (non-hydrogen) atoms. The number of anilines is 1. The number of amidine groups is 1. The summed E-state index contributed by atoms with van der Waals surface area (Å²) < 4.78 is 79.5. The van der Waals surface area contributed by atoms with Crippen LogP contribution in [-0.4, -0.2) is 24.2 Å². The highest BCUT2D eigenvalue weighted by Gasteiger charge is 2.37. The smallest absolute Gasteiger partial charge is 0.298 e. The normalized spacial score (nSPS) is 14.6. The van der Waals surface area contributed by atoms with Crippen LogP contribution < -0.4 is 10.3 Å². The van der Waals surface area contributed by atoms with Gasteiger partial charge in [0.15, 0.2) is 0 Å². The molecule has 0 unspecified atom stereocenters. The number of nitrogens with zero attached hydrogens (tertiary/aromatic N) is 1. The number of hydrogen-bond donors (Lipinski definition) is 3. The monoisotopic (exact) mass is 512 g/mol. The Morgan fingerprint density at radius 3 is 1.66 bits per heavy atom. The Kier molecular flexibility index (Phi) is 8.17. The molecule has 0 aromatic heterocycles. The molecule has 2 atom stereocenters. The van der Waals surface area contributed by atoms with E-state index in [9.17, 15) is 26.3 Å². The standard InChI is InChI=1S/C25H23F6N3S/c1-34(2)22(17-11-7-4-8-12-17)21(16-9-5-3-6-10-16)33-23(35)32-20-14-18(24(26,27)28)13-19(15-20)25(29,30)31/h3-15,21-22H,1-2H3,(H2,32,33,35)/p+1/t21-,22+/m1/s1. The van der Waals surface area contributed by atoms with Gasteiger partial charge in [-0.15, -0.1) is 0 Å². The fourth-order valence-corrected chi connectivity index (χ4v) is 4.06. The fourth-order valence-electron chi connectivity index (χ4n) is 3.79. The summed E-state index contributed by atoms with van der Waals surface area (Å²) >= 11 is 4.33. The Labute approximate surface area is 204 Å². The minimum absolute atomic E-state index is 0.00548. The van der Waals surface area contributed by atoms with Crippen molar-refractivity contribution < 1.29 is 31.3 Å². The van der Waals surface area contributed by atoms with E-state index in [0.717, 1.165) is 11.1 Å². The van der Waals surface area contributed by atoms with E-state index in [-0.39, 0.29) is 17.3 Å². The number of benzene rings is 3. The van der Waals surface area contributed by atoms with Gasteiger partial charge in [-0.25, -0.2) is 5.32 Å². The molecule has 2 N–H and O–H groups in total. The molecule has 0 fully saturated rings. The van der Waals surface area contributed by atoms with Crippen LogP contribution in [0.5, 0.6) is 0 Å². The van der Waals surface area contributed by atoms with Gasteiger partial charge in [0.25, 0.3) is 0 Å². The number of halogens is 6. The Hall–Kier alpha value is -2.98. The molecule has 3 nitrogen and oxygen atoms in total. The number of nitrogens with one attached hydrogen (secondary N) is 2. The molecule has 186 valence electrons. The van der Waals surface area contributed by atoms with Crippen molar-refractivity contribution in [3.05, 3.63) is 101 Å². The minimum atomic E-state index is -4.95. The summed E-state index contributed by atoms with van der Waals surface area (Å²) in [5.41, 5.74) is -1.41. The minimum Gasteiger partial charge on any atom is -0.298 e. The molecule has 0 aliphatic heterocycles. The lowest BCUT2D eigenvalue weighted by molar-refractivity contribution is -0.517. The SMILES string of the molecule is CN(C)[C@@H](c1ccccc1)[C@H]([NH+]=C(S)Nc1cc(C(F)(F)F)cc(C(F)(F)F)c1)c1ccccc1. The highest BCUT2D eigenvalue weighted by Crippen LogP contribution is 2.37. The summed E-state index contributed by atoms with van der Waals surface area (Å²) in [6.45, 7) is 0. The molecule has 3 rings (SSSR count). The molecular weight excluding hydrogens is 488 g/mol. The topological polar surface area (TPSA) is 29.2 Å². The van der Waals surface area contributed by atoms with Crippen molar-refractivity contribution in [2.75, 3.05) is 19.4 Å². The number of hydrogen-bond acceptors (Lipinski definition) is 1. The van der Waals surface area contributed by atoms with E-state index in [1.54, 1.807) is 0 Å². The molecule has 0 saturated carbocycles. The van der Waals surface area contributed by atoms with Gasteiger partial charge in [-0.1, -0.05) is 73.3 Å². The van der Waals surface area contributed by atoms with Crippen molar-refractivity contribution in [1.29, 1.82) is 0 Å². The molecule has 10 heteroatoms. The van der Waals surface area contributed by atoms with Crippen LogP contribution in [0.1, 0.15) is 34.3 Å². The average molecular weight is 513 g/mol. The van der Waals surface area contributed by atoms with Crippen LogP contribution in [0.3, 0.4) is 0 Å². The van der Waals surface area contributed by atoms with Gasteiger partial charge in [0, 0.05) is 0 Å². The van der Waals surface area contributed by atoms with Crippen LogP contribution in [0.15, 0.2) is 78.9 Å². The average Bonchev–Trinajstić information content (AvgIpc) is 2.78. The van der Waals surface area contributed by atoms with Gasteiger partial charge in [-0.3, -0.25) is 9.89 Å². The molecule has 3 aromatic carbocycles. The maximum atomic E-state index is 13.2. The van der Waals surface area contributed by atoms with Crippen molar-refractivity contribution in [3.63, 3.8) is 0 Å². The fraction of sp³-hybridized carbons (Fsp3) is 0.240. The Balaban J connectivity index is 2.05. The van der Waals surface area contributed by atoms with Crippen molar-refractivity contribution in [3.8, 4) is 0 Å². The first-order chi connectivity index (χ1) is 16.4. The van der Waals surface area contributed by atoms with Gasteiger partial charge in [0.1, 0.15) is 11.7 Å². The van der Waals surface area contributed by atoms with E-state index in [0.29, 0.717) is 12.1 Å². The van der Waals surface area contributed by atoms with Gasteiger partial charge in [0.05, 0.1) is 17.2 Å². The number of thiol groups is 1. The molecule has 0 heterocycles. The summed E-state index contributed by atoms with van der Waals surface area (Å²) in [7, 11) is 3.76. The zero-order valence-electron chi connectivity index (χ0n) is 18.8. The molecule has 0 aliphatic rings. The van der Waals surface area contributed by atoms with Gasteiger partial charge in [-0.05, 0) is 43.4 Å². The highest BCUT2D eigenvalue weighted by molar-refractivity contribution is 7.96. The summed E-state index contributed by atoms with van der Waals surface area (Å²) in [6, 6.07) is 19.5. The Morgan fingerprint density at radius 2 is 1.23 bits per heavy atom. The van der Waals surface area contributed by atoms with Gasteiger partial charge >= 0.3 is 17.5 Å². The van der Waals surface area contributed by atoms with Crippen LogP contribution >= 0.6 is 12.6 Å². The predicted molar refractivity (Wildman–Crippen MR) is 127 cm³/mol. The van der Waals surface area contributed by atoms with Crippen molar-refractivity contribution >= 4 is 23.5 Å². The third-order valence-electron chi connectivity index (χ3n) is 5.31. The van der Waals surface area contributed by atoms with Crippen LogP contribution in [-0.2, 0) is 12.4 Å². The molecule has 0 saturated heterocycles. The zero-order chi connectivity index (χ0) is 25.8. The lowest BCUT2D eigenvalue weighted by atomic mass is 9.93. The largest absolute Gasteiger partial charge is 0.416 e. The summed E-state index contributed by atoms with van der Waals surface area (Å²) in [4.78, 5) is 5.11. The summed E-state index contributed by atoms with van der Waals surface area (Å²) in [5.74, 6) is 0. The molecule has 0 amide bonds.